The molecule has 1 saturated heterocycles. The summed E-state index contributed by atoms with van der Waals surface area (Å²) >= 11 is 0. The van der Waals surface area contributed by atoms with Crippen LogP contribution in [-0.4, -0.2) is 69.2 Å². The summed E-state index contributed by atoms with van der Waals surface area (Å²) in [4.78, 5) is 40.8. The minimum absolute atomic E-state index is 0.0400. The van der Waals surface area contributed by atoms with Crippen LogP contribution in [0.1, 0.15) is 53.5 Å². The largest absolute Gasteiger partial charge is 0.496 e. The highest BCUT2D eigenvalue weighted by Crippen LogP contribution is 2.30. The first-order chi connectivity index (χ1) is 20.3. The third-order valence-electron chi connectivity index (χ3n) is 7.45. The standard InChI is InChI=1S/C29H40N6O6S/c1-17-14-24(41-4)18(2)19(3)26(17)42(39,40)34-22(16-25(30)36)28(37)33-23(29(38)35-12-6-5-7-13-35)15-20-8-10-21(11-9-20)27(31)32/h8-11,14,22-23,34H,5-7,12-13,15-16H2,1-4H3,(H2,30,36)(H3,31,32)(H,33,37)/t22-,23-/m0/s1/i/hD. The van der Waals surface area contributed by atoms with E-state index in [0.29, 0.717) is 46.7 Å². The zero-order chi connectivity index (χ0) is 31.9. The van der Waals surface area contributed by atoms with Gasteiger partial charge in [-0.25, -0.2) is 8.42 Å². The Hall–Kier alpha value is -3.97. The second-order valence-corrected chi connectivity index (χ2v) is 12.2. The lowest BCUT2D eigenvalue weighted by atomic mass is 10.0. The highest BCUT2D eigenvalue weighted by Gasteiger charge is 2.34. The van der Waals surface area contributed by atoms with Crippen molar-refractivity contribution in [1.82, 2.24) is 14.9 Å². The van der Waals surface area contributed by atoms with Crippen LogP contribution in [0.5, 0.6) is 5.75 Å². The summed E-state index contributed by atoms with van der Waals surface area (Å²) in [6.07, 6.45) is 2.10. The van der Waals surface area contributed by atoms with Gasteiger partial charge in [0.1, 0.15) is 23.7 Å². The first-order valence-corrected chi connectivity index (χ1v) is 15.2. The number of primary amides is 1. The van der Waals surface area contributed by atoms with E-state index < -0.39 is 40.3 Å². The molecule has 12 nitrogen and oxygen atoms in total. The van der Waals surface area contributed by atoms with Crippen molar-refractivity contribution in [3.8, 4) is 5.75 Å². The molecule has 3 rings (SSSR count). The Morgan fingerprint density at radius 1 is 1.07 bits per heavy atom. The molecule has 228 valence electrons. The summed E-state index contributed by atoms with van der Waals surface area (Å²) in [5.74, 6) is -1.67. The van der Waals surface area contributed by atoms with Gasteiger partial charge in [0, 0.05) is 25.1 Å². The Kier molecular flexibility index (Phi) is 10.2. The van der Waals surface area contributed by atoms with Gasteiger partial charge in [0.2, 0.25) is 27.7 Å². The molecule has 0 aliphatic carbocycles. The van der Waals surface area contributed by atoms with Gasteiger partial charge in [-0.2, -0.15) is 4.72 Å². The average Bonchev–Trinajstić information content (AvgIpc) is 2.97. The number of amides is 3. The fourth-order valence-corrected chi connectivity index (χ4v) is 6.85. The number of likely N-dealkylation sites (tertiary alicyclic amines) is 1. The van der Waals surface area contributed by atoms with Crippen molar-refractivity contribution in [2.75, 3.05) is 20.2 Å². The molecule has 0 saturated carbocycles. The third kappa shape index (κ3) is 7.85. The molecule has 1 aliphatic heterocycles. The van der Waals surface area contributed by atoms with E-state index in [9.17, 15) is 22.8 Å². The Morgan fingerprint density at radius 2 is 1.71 bits per heavy atom. The first-order valence-electron chi connectivity index (χ1n) is 14.2. The summed E-state index contributed by atoms with van der Waals surface area (Å²) in [5.41, 5.74) is 9.99. The fraction of sp³-hybridized carbons (Fsp3) is 0.448. The van der Waals surface area contributed by atoms with Crippen LogP contribution in [-0.2, 0) is 30.8 Å². The molecule has 2 aromatic rings. The zero-order valence-corrected chi connectivity index (χ0v) is 25.2. The molecule has 1 heterocycles. The summed E-state index contributed by atoms with van der Waals surface area (Å²) in [6.45, 7) is 6.01. The highest BCUT2D eigenvalue weighted by atomic mass is 32.2. The second-order valence-electron chi connectivity index (χ2n) is 10.5. The van der Waals surface area contributed by atoms with Gasteiger partial charge in [-0.05, 0) is 68.4 Å². The van der Waals surface area contributed by atoms with Crippen LogP contribution < -0.4 is 26.2 Å². The number of ether oxygens (including phenoxy) is 1. The quantitative estimate of drug-likeness (QED) is 0.178. The SMILES string of the molecule is [2H]NC(=N)c1ccc(C[C@H](NC(=O)[C@H](CC(N)=O)NS(=O)(=O)c2c(C)cc(OC)c(C)c2C)C(=O)N2CCCCC2)cc1. The molecular formula is C29H40N6O6S. The number of carbonyl (C=O) groups is 3. The number of nitrogens with two attached hydrogens (primary N) is 2. The van der Waals surface area contributed by atoms with Crippen molar-refractivity contribution < 1.29 is 29.0 Å². The van der Waals surface area contributed by atoms with Gasteiger partial charge in [-0.15, -0.1) is 0 Å². The van der Waals surface area contributed by atoms with E-state index in [4.69, 9.17) is 17.3 Å². The summed E-state index contributed by atoms with van der Waals surface area (Å²) in [5, 5.41) is 10.4. The predicted molar refractivity (Wildman–Crippen MR) is 159 cm³/mol. The maximum Gasteiger partial charge on any atom is 0.245 e. The Morgan fingerprint density at radius 3 is 2.29 bits per heavy atom. The molecule has 0 unspecified atom stereocenters. The molecule has 0 spiro atoms. The van der Waals surface area contributed by atoms with E-state index in [1.165, 1.54) is 7.11 Å². The van der Waals surface area contributed by atoms with Crippen molar-refractivity contribution in [3.63, 3.8) is 0 Å². The number of rotatable bonds is 12. The molecule has 0 bridgehead atoms. The van der Waals surface area contributed by atoms with Gasteiger partial charge < -0.3 is 26.4 Å². The van der Waals surface area contributed by atoms with Crippen LogP contribution in [0.25, 0.3) is 0 Å². The fourth-order valence-electron chi connectivity index (χ4n) is 5.13. The molecule has 1 aliphatic rings. The maximum absolute atomic E-state index is 13.6. The van der Waals surface area contributed by atoms with Gasteiger partial charge in [-0.3, -0.25) is 19.8 Å². The topological polar surface area (TPSA) is 198 Å². The number of amidine groups is 1. The van der Waals surface area contributed by atoms with Crippen molar-refractivity contribution in [3.05, 3.63) is 58.1 Å². The minimum atomic E-state index is -4.32. The van der Waals surface area contributed by atoms with E-state index in [2.05, 4.69) is 10.0 Å². The van der Waals surface area contributed by atoms with Crippen LogP contribution in [0, 0.1) is 26.2 Å². The summed E-state index contributed by atoms with van der Waals surface area (Å²) in [7, 11) is -2.84. The summed E-state index contributed by atoms with van der Waals surface area (Å²) in [6, 6.07) is 5.56. The first kappa shape index (κ1) is 31.0. The van der Waals surface area contributed by atoms with Gasteiger partial charge in [0.05, 0.1) is 18.4 Å². The molecule has 2 atom stereocenters. The van der Waals surface area contributed by atoms with Crippen LogP contribution in [0.2, 0.25) is 1.41 Å². The van der Waals surface area contributed by atoms with Crippen molar-refractivity contribution in [2.24, 2.45) is 11.5 Å². The second kappa shape index (κ2) is 13.8. The number of carbonyl (C=O) groups excluding carboxylic acids is 3. The van der Waals surface area contributed by atoms with Crippen molar-refractivity contribution in [1.29, 1.82) is 5.41 Å². The van der Waals surface area contributed by atoms with E-state index in [0.717, 1.165) is 19.3 Å². The van der Waals surface area contributed by atoms with Gasteiger partial charge >= 0.3 is 0 Å². The van der Waals surface area contributed by atoms with Crippen LogP contribution in [0.3, 0.4) is 0 Å². The molecule has 42 heavy (non-hydrogen) atoms. The summed E-state index contributed by atoms with van der Waals surface area (Å²) < 4.78 is 42.0. The van der Waals surface area contributed by atoms with E-state index in [1.807, 2.05) is 5.73 Å². The van der Waals surface area contributed by atoms with Gasteiger partial charge in [0.15, 0.2) is 1.41 Å². The number of nitrogens with zero attached hydrogens (tertiary/aromatic N) is 1. The van der Waals surface area contributed by atoms with E-state index in [-0.39, 0.29) is 23.1 Å². The monoisotopic (exact) mass is 601 g/mol. The number of sulfonamides is 1. The molecule has 3 amide bonds. The predicted octanol–water partition coefficient (Wildman–Crippen LogP) is 1.17. The molecule has 0 radical (unpaired) electrons. The van der Waals surface area contributed by atoms with Crippen LogP contribution in [0.15, 0.2) is 35.2 Å². The van der Waals surface area contributed by atoms with Crippen LogP contribution in [0.4, 0.5) is 0 Å². The number of aryl methyl sites for hydroxylation is 1. The number of nitrogen functional groups attached to an aromatic ring is 1. The molecule has 7 N–H and O–H groups in total. The van der Waals surface area contributed by atoms with Gasteiger partial charge in [0.25, 0.3) is 0 Å². The minimum Gasteiger partial charge on any atom is -0.496 e. The molecule has 0 aromatic heterocycles. The molecular weight excluding hydrogens is 560 g/mol. The Balaban J connectivity index is 1.92. The Labute approximate surface area is 248 Å². The number of nitrogens with one attached hydrogen (secondary N) is 3. The van der Waals surface area contributed by atoms with E-state index in [1.54, 1.807) is 56.0 Å². The molecule has 1 fully saturated rings. The number of hydrogen-bond acceptors (Lipinski definition) is 7. The number of hydrogen-bond donors (Lipinski definition) is 5. The highest BCUT2D eigenvalue weighted by molar-refractivity contribution is 7.89. The maximum atomic E-state index is 13.6. The smallest absolute Gasteiger partial charge is 0.245 e. The molecule has 13 heteroatoms. The lowest BCUT2D eigenvalue weighted by Gasteiger charge is -2.31. The van der Waals surface area contributed by atoms with Crippen molar-refractivity contribution in [2.45, 2.75) is 69.9 Å². The van der Waals surface area contributed by atoms with Gasteiger partial charge in [-0.1, -0.05) is 24.3 Å². The zero-order valence-electron chi connectivity index (χ0n) is 25.4. The Bertz CT molecular complexity index is 1480. The lowest BCUT2D eigenvalue weighted by molar-refractivity contribution is -0.137. The third-order valence-corrected chi connectivity index (χ3v) is 9.21. The van der Waals surface area contributed by atoms with Crippen molar-refractivity contribution >= 4 is 33.6 Å². The average molecular weight is 602 g/mol. The number of methoxy groups -OCH3 is 1. The number of piperidine rings is 1. The van der Waals surface area contributed by atoms with Crippen LogP contribution >= 0.6 is 0 Å². The molecule has 2 aromatic carbocycles. The number of benzene rings is 2. The normalized spacial score (nSPS) is 15.2. The van der Waals surface area contributed by atoms with E-state index >= 15 is 0 Å². The lowest BCUT2D eigenvalue weighted by Crippen LogP contribution is -2.56.